The van der Waals surface area contributed by atoms with Crippen LogP contribution in [0.25, 0.3) is 10.2 Å². The number of aryl methyl sites for hydroxylation is 2. The lowest BCUT2D eigenvalue weighted by atomic mass is 10.1. The number of halogens is 1. The summed E-state index contributed by atoms with van der Waals surface area (Å²) >= 11 is 7.50. The Balaban J connectivity index is 1.38. The van der Waals surface area contributed by atoms with Crippen molar-refractivity contribution in [3.63, 3.8) is 0 Å². The van der Waals surface area contributed by atoms with Gasteiger partial charge < -0.3 is 5.32 Å². The second kappa shape index (κ2) is 11.7. The van der Waals surface area contributed by atoms with Crippen LogP contribution in [0.5, 0.6) is 0 Å². The van der Waals surface area contributed by atoms with E-state index in [0.717, 1.165) is 23.1 Å². The standard InChI is InChI=1S/C28H30ClN3O3S/c1-19-11-12-22(20(2)16-19)18-32-24-13-15-36-26(24)27(34)31(28(32)35)14-7-3-4-10-25(33)30-17-21-8-5-6-9-23(21)29/h5-6,8-9,11-13,15-16H,3-4,7,10,14,17-18H2,1-2H3,(H,30,33). The SMILES string of the molecule is Cc1ccc(Cn2c(=O)n(CCCCCC(=O)NCc3ccccc3Cl)c(=O)c3sccc32)c(C)c1. The lowest BCUT2D eigenvalue weighted by Crippen LogP contribution is -2.40. The Hall–Kier alpha value is -3.16. The molecule has 0 aliphatic rings. The number of carbonyl (C=O) groups is 1. The summed E-state index contributed by atoms with van der Waals surface area (Å²) in [5, 5.41) is 5.38. The summed E-state index contributed by atoms with van der Waals surface area (Å²) in [5.74, 6) is -0.0390. The molecule has 6 nitrogen and oxygen atoms in total. The molecule has 0 aliphatic carbocycles. The fourth-order valence-electron chi connectivity index (χ4n) is 4.33. The van der Waals surface area contributed by atoms with E-state index >= 15 is 0 Å². The van der Waals surface area contributed by atoms with Gasteiger partial charge in [0.1, 0.15) is 4.70 Å². The quantitative estimate of drug-likeness (QED) is 0.282. The van der Waals surface area contributed by atoms with Crippen LogP contribution in [0, 0.1) is 13.8 Å². The number of nitrogens with one attached hydrogen (secondary N) is 1. The fourth-order valence-corrected chi connectivity index (χ4v) is 5.38. The highest BCUT2D eigenvalue weighted by Crippen LogP contribution is 2.19. The van der Waals surface area contributed by atoms with Gasteiger partial charge in [-0.25, -0.2) is 4.79 Å². The Morgan fingerprint density at radius 1 is 0.972 bits per heavy atom. The van der Waals surface area contributed by atoms with Crippen LogP contribution in [-0.4, -0.2) is 15.0 Å². The van der Waals surface area contributed by atoms with Crippen molar-refractivity contribution in [1.29, 1.82) is 0 Å². The molecule has 4 rings (SSSR count). The Bertz CT molecular complexity index is 1500. The zero-order valence-corrected chi connectivity index (χ0v) is 22.1. The molecule has 188 valence electrons. The number of benzene rings is 2. The smallest absolute Gasteiger partial charge is 0.331 e. The second-order valence-corrected chi connectivity index (χ2v) is 10.4. The van der Waals surface area contributed by atoms with E-state index in [4.69, 9.17) is 11.6 Å². The normalized spacial score (nSPS) is 11.2. The van der Waals surface area contributed by atoms with Gasteiger partial charge in [-0.05, 0) is 60.9 Å². The molecule has 0 spiro atoms. The largest absolute Gasteiger partial charge is 0.352 e. The van der Waals surface area contributed by atoms with Crippen LogP contribution in [0.1, 0.15) is 47.9 Å². The summed E-state index contributed by atoms with van der Waals surface area (Å²) in [6.07, 6.45) is 2.46. The average molecular weight is 524 g/mol. The monoisotopic (exact) mass is 523 g/mol. The van der Waals surface area contributed by atoms with Crippen LogP contribution in [0.2, 0.25) is 5.02 Å². The second-order valence-electron chi connectivity index (χ2n) is 9.07. The Kier molecular flexibility index (Phi) is 8.44. The first kappa shape index (κ1) is 25.9. The summed E-state index contributed by atoms with van der Waals surface area (Å²) in [7, 11) is 0. The minimum absolute atomic E-state index is 0.0390. The number of rotatable bonds is 10. The van der Waals surface area contributed by atoms with Crippen LogP contribution < -0.4 is 16.6 Å². The predicted octanol–water partition coefficient (Wildman–Crippen LogP) is 5.42. The van der Waals surface area contributed by atoms with Crippen molar-refractivity contribution in [1.82, 2.24) is 14.5 Å². The van der Waals surface area contributed by atoms with Gasteiger partial charge in [0.05, 0.1) is 12.1 Å². The number of amides is 1. The maximum absolute atomic E-state index is 13.4. The van der Waals surface area contributed by atoms with E-state index < -0.39 is 0 Å². The topological polar surface area (TPSA) is 73.1 Å². The highest BCUT2D eigenvalue weighted by atomic mass is 35.5. The van der Waals surface area contributed by atoms with Crippen molar-refractivity contribution in [3.05, 3.63) is 102 Å². The van der Waals surface area contributed by atoms with E-state index in [9.17, 15) is 14.4 Å². The van der Waals surface area contributed by atoms with Gasteiger partial charge >= 0.3 is 5.69 Å². The van der Waals surface area contributed by atoms with Gasteiger partial charge in [-0.2, -0.15) is 0 Å². The minimum atomic E-state index is -0.289. The summed E-state index contributed by atoms with van der Waals surface area (Å²) < 4.78 is 3.64. The maximum atomic E-state index is 13.4. The Morgan fingerprint density at radius 2 is 1.78 bits per heavy atom. The van der Waals surface area contributed by atoms with Crippen molar-refractivity contribution in [2.75, 3.05) is 0 Å². The molecule has 1 N–H and O–H groups in total. The lowest BCUT2D eigenvalue weighted by molar-refractivity contribution is -0.121. The molecule has 0 aliphatic heterocycles. The fraction of sp³-hybridized carbons (Fsp3) is 0.321. The van der Waals surface area contributed by atoms with Gasteiger partial charge in [-0.1, -0.05) is 60.0 Å². The molecule has 36 heavy (non-hydrogen) atoms. The molecular formula is C28H30ClN3O3S. The number of hydrogen-bond donors (Lipinski definition) is 1. The number of nitrogens with zero attached hydrogens (tertiary/aromatic N) is 2. The molecule has 0 radical (unpaired) electrons. The Labute approximate surface area is 219 Å². The third-order valence-corrected chi connectivity index (χ3v) is 7.64. The maximum Gasteiger partial charge on any atom is 0.331 e. The number of unbranched alkanes of at least 4 members (excludes halogenated alkanes) is 2. The molecule has 2 heterocycles. The molecule has 8 heteroatoms. The highest BCUT2D eigenvalue weighted by Gasteiger charge is 2.15. The zero-order chi connectivity index (χ0) is 25.7. The van der Waals surface area contributed by atoms with E-state index in [1.54, 1.807) is 10.6 Å². The number of thiophene rings is 1. The Morgan fingerprint density at radius 3 is 2.56 bits per heavy atom. The van der Waals surface area contributed by atoms with Gasteiger partial charge in [0.25, 0.3) is 5.56 Å². The molecule has 0 fully saturated rings. The molecular weight excluding hydrogens is 494 g/mol. The van der Waals surface area contributed by atoms with Crippen LogP contribution in [0.4, 0.5) is 0 Å². The highest BCUT2D eigenvalue weighted by molar-refractivity contribution is 7.17. The van der Waals surface area contributed by atoms with Crippen molar-refractivity contribution >= 4 is 39.1 Å². The van der Waals surface area contributed by atoms with E-state index in [1.165, 1.54) is 21.5 Å². The minimum Gasteiger partial charge on any atom is -0.352 e. The molecule has 0 bridgehead atoms. The van der Waals surface area contributed by atoms with E-state index in [2.05, 4.69) is 11.4 Å². The number of aromatic nitrogens is 2. The molecule has 1 amide bonds. The summed E-state index contributed by atoms with van der Waals surface area (Å²) in [6, 6.07) is 15.5. The summed E-state index contributed by atoms with van der Waals surface area (Å²) in [5.41, 5.74) is 4.39. The van der Waals surface area contributed by atoms with Crippen molar-refractivity contribution in [2.45, 2.75) is 59.2 Å². The van der Waals surface area contributed by atoms with Gasteiger partial charge in [0, 0.05) is 24.5 Å². The van der Waals surface area contributed by atoms with Crippen molar-refractivity contribution in [2.24, 2.45) is 0 Å². The third-order valence-electron chi connectivity index (χ3n) is 6.38. The summed E-state index contributed by atoms with van der Waals surface area (Å²) in [6.45, 7) is 5.24. The van der Waals surface area contributed by atoms with Gasteiger partial charge in [0.2, 0.25) is 5.91 Å². The molecule has 2 aromatic carbocycles. The number of fused-ring (bicyclic) bond motifs is 1. The third kappa shape index (κ3) is 5.97. The van der Waals surface area contributed by atoms with Gasteiger partial charge in [-0.15, -0.1) is 11.3 Å². The first-order valence-electron chi connectivity index (χ1n) is 12.1. The first-order chi connectivity index (χ1) is 17.3. The number of hydrogen-bond acceptors (Lipinski definition) is 4. The number of carbonyl (C=O) groups excluding carboxylic acids is 1. The van der Waals surface area contributed by atoms with Gasteiger partial charge in [0.15, 0.2) is 0 Å². The van der Waals surface area contributed by atoms with Gasteiger partial charge in [-0.3, -0.25) is 18.7 Å². The first-order valence-corrected chi connectivity index (χ1v) is 13.4. The molecule has 2 aromatic heterocycles. The lowest BCUT2D eigenvalue weighted by Gasteiger charge is -2.14. The molecule has 0 saturated carbocycles. The van der Waals surface area contributed by atoms with E-state index in [1.807, 2.05) is 55.6 Å². The molecule has 0 saturated heterocycles. The average Bonchev–Trinajstić information content (AvgIpc) is 3.34. The van der Waals surface area contributed by atoms with Crippen LogP contribution in [0.15, 0.2) is 63.5 Å². The van der Waals surface area contributed by atoms with Crippen molar-refractivity contribution < 1.29 is 4.79 Å². The summed E-state index contributed by atoms with van der Waals surface area (Å²) in [4.78, 5) is 38.6. The van der Waals surface area contributed by atoms with E-state index in [0.29, 0.717) is 54.1 Å². The predicted molar refractivity (Wildman–Crippen MR) is 147 cm³/mol. The van der Waals surface area contributed by atoms with Crippen LogP contribution in [-0.2, 0) is 24.4 Å². The van der Waals surface area contributed by atoms with E-state index in [-0.39, 0.29) is 17.2 Å². The molecule has 4 aromatic rings. The molecule has 0 unspecified atom stereocenters. The van der Waals surface area contributed by atoms with Crippen LogP contribution >= 0.6 is 22.9 Å². The van der Waals surface area contributed by atoms with Crippen LogP contribution in [0.3, 0.4) is 0 Å². The zero-order valence-electron chi connectivity index (χ0n) is 20.6. The molecule has 0 atom stereocenters. The van der Waals surface area contributed by atoms with Crippen molar-refractivity contribution in [3.8, 4) is 0 Å².